The lowest BCUT2D eigenvalue weighted by Gasteiger charge is -2.28. The summed E-state index contributed by atoms with van der Waals surface area (Å²) in [5.41, 5.74) is 19.0. The Morgan fingerprint density at radius 1 is 1.08 bits per heavy atom. The lowest BCUT2D eigenvalue weighted by molar-refractivity contribution is -0.159. The van der Waals surface area contributed by atoms with Gasteiger partial charge >= 0.3 is 33.4 Å². The van der Waals surface area contributed by atoms with Crippen LogP contribution in [0.15, 0.2) is 34.8 Å². The number of aliphatic hydroxyl groups excluding tert-OH is 1. The number of ether oxygens (including phenoxy) is 4. The summed E-state index contributed by atoms with van der Waals surface area (Å²) in [7, 11) is -7.65. The highest BCUT2D eigenvalue weighted by atomic mass is 33.1. The number of azide groups is 1. The molecule has 9 N–H and O–H groups in total. The number of fused-ring (bicyclic) bond motifs is 1. The largest absolute Gasteiger partial charge is 0.472 e. The second-order valence-corrected chi connectivity index (χ2v) is 22.4. The van der Waals surface area contributed by atoms with Crippen LogP contribution < -0.4 is 22.5 Å². The molecule has 0 saturated carbocycles. The zero-order valence-corrected chi connectivity index (χ0v) is 39.0. The van der Waals surface area contributed by atoms with Gasteiger partial charge in [0.1, 0.15) is 59.9 Å². The van der Waals surface area contributed by atoms with E-state index in [1.807, 2.05) is 20.8 Å². The summed E-state index contributed by atoms with van der Waals surface area (Å²) in [5, 5.41) is 17.4. The number of nitrogens with two attached hydrogens (primary N) is 2. The maximum atomic E-state index is 14.2. The van der Waals surface area contributed by atoms with Gasteiger partial charge in [0.15, 0.2) is 23.8 Å². The predicted molar refractivity (Wildman–Crippen MR) is 230 cm³/mol. The normalized spacial score (nSPS) is 24.5. The van der Waals surface area contributed by atoms with Crippen molar-refractivity contribution in [2.45, 2.75) is 119 Å². The molecular formula is C33H50N12O16P2S2. The fourth-order valence-electron chi connectivity index (χ4n) is 6.23. The topological polar surface area (TPSA) is 405 Å². The smallest absolute Gasteiger partial charge is 0.455 e. The molecule has 2 aliphatic heterocycles. The van der Waals surface area contributed by atoms with E-state index in [1.54, 1.807) is 20.8 Å². The molecule has 3 aromatic heterocycles. The van der Waals surface area contributed by atoms with Crippen LogP contribution in [0.4, 0.5) is 16.4 Å². The van der Waals surface area contributed by atoms with Crippen LogP contribution in [0.5, 0.6) is 0 Å². The Bertz CT molecular complexity index is 2370. The van der Waals surface area contributed by atoms with Crippen LogP contribution in [0.25, 0.3) is 21.6 Å². The third-order valence-corrected chi connectivity index (χ3v) is 14.2. The van der Waals surface area contributed by atoms with Crippen molar-refractivity contribution < 1.29 is 71.0 Å². The average Bonchev–Trinajstić information content (AvgIpc) is 3.88. The molecule has 65 heavy (non-hydrogen) atoms. The van der Waals surface area contributed by atoms with Gasteiger partial charge in [-0.2, -0.15) is 4.98 Å². The van der Waals surface area contributed by atoms with E-state index >= 15 is 0 Å². The number of nitrogen functional groups attached to an aromatic ring is 2. The number of carbonyl (C=O) groups excluding carboxylic acids is 2. The van der Waals surface area contributed by atoms with Crippen LogP contribution in [-0.2, 0) is 46.4 Å². The Hall–Kier alpha value is -4.12. The van der Waals surface area contributed by atoms with Crippen LogP contribution in [-0.4, -0.2) is 133 Å². The van der Waals surface area contributed by atoms with Gasteiger partial charge in [-0.05, 0) is 38.8 Å². The molecule has 28 nitrogen and oxygen atoms in total. The highest BCUT2D eigenvalue weighted by molar-refractivity contribution is 8.77. The first-order valence-electron chi connectivity index (χ1n) is 19.4. The van der Waals surface area contributed by atoms with Crippen LogP contribution in [0, 0.1) is 0 Å². The molecule has 0 bridgehead atoms. The Labute approximate surface area is 377 Å². The molecule has 3 aromatic rings. The Morgan fingerprint density at radius 2 is 1.78 bits per heavy atom. The number of alkyl carbamates (subject to hydrolysis) is 1. The van der Waals surface area contributed by atoms with E-state index in [9.17, 15) is 43.3 Å². The summed E-state index contributed by atoms with van der Waals surface area (Å²) in [5.74, 6) is -1.26. The number of phosphoric ester groups is 2. The van der Waals surface area contributed by atoms with Gasteiger partial charge in [0.25, 0.3) is 0 Å². The average molecular weight is 997 g/mol. The van der Waals surface area contributed by atoms with Crippen molar-refractivity contribution in [3.05, 3.63) is 45.8 Å². The number of esters is 1. The number of nitrogens with zero attached hydrogens (tertiary/aromatic N) is 9. The van der Waals surface area contributed by atoms with E-state index in [-0.39, 0.29) is 46.9 Å². The maximum absolute atomic E-state index is 14.2. The van der Waals surface area contributed by atoms with Crippen LogP contribution in [0.1, 0.15) is 66.8 Å². The second-order valence-electron chi connectivity index (χ2n) is 16.4. The van der Waals surface area contributed by atoms with E-state index < -0.39 is 106 Å². The van der Waals surface area contributed by atoms with E-state index in [0.717, 1.165) is 10.9 Å². The molecule has 5 unspecified atom stereocenters. The third kappa shape index (κ3) is 14.9. The van der Waals surface area contributed by atoms with Gasteiger partial charge in [0, 0.05) is 34.1 Å². The fraction of sp³-hybridized carbons (Fsp3) is 0.667. The number of hydrogen-bond donors (Lipinski definition) is 7. The number of imidazole rings is 1. The zero-order chi connectivity index (χ0) is 48.1. The van der Waals surface area contributed by atoms with Gasteiger partial charge in [-0.15, -0.1) is 0 Å². The molecule has 2 saturated heterocycles. The Kier molecular flexibility index (Phi) is 16.9. The van der Waals surface area contributed by atoms with Gasteiger partial charge in [0.2, 0.25) is 0 Å². The standard InChI is InChI=1S/C33H50N12O16P2S2/c1-32(2,3)60-31(49)41-17(9-16(11-40-43-36)64-65-33(4,5)6)29(47)59-25-20(58-28(24(25)46)45-15-39-23-26(35)37-14-38-27(23)45)13-56-63(53,54)61-18-10-22(44-8-7-21(34)42-30(44)48)57-19(18)12-55-62(50,51)52/h7-8,14-20,22,24-25,28,46H,9-13H2,1-6H3,(H,41,49)(H,53,54)(H2,34,42,48)(H2,35,37,38)(H2,50,51,52)/t16-,17-,18+,19-,20?,22-,24?,25?,28?/m1/s1. The summed E-state index contributed by atoms with van der Waals surface area (Å²) in [4.78, 5) is 88.3. The minimum atomic E-state index is -5.28. The van der Waals surface area contributed by atoms with Crippen molar-refractivity contribution in [1.82, 2.24) is 34.4 Å². The molecule has 0 aliphatic carbocycles. The lowest BCUT2D eigenvalue weighted by atomic mass is 10.1. The number of aliphatic hydroxyl groups is 1. The maximum Gasteiger partial charge on any atom is 0.472 e. The van der Waals surface area contributed by atoms with Gasteiger partial charge in [-0.3, -0.25) is 22.7 Å². The molecule has 360 valence electrons. The van der Waals surface area contributed by atoms with Crippen molar-refractivity contribution in [3.8, 4) is 0 Å². The molecule has 2 fully saturated rings. The highest BCUT2D eigenvalue weighted by Crippen LogP contribution is 2.50. The first-order valence-corrected chi connectivity index (χ1v) is 24.6. The van der Waals surface area contributed by atoms with Crippen molar-refractivity contribution in [2.24, 2.45) is 5.11 Å². The Morgan fingerprint density at radius 3 is 2.43 bits per heavy atom. The Balaban J connectivity index is 1.42. The predicted octanol–water partition coefficient (Wildman–Crippen LogP) is 2.46. The van der Waals surface area contributed by atoms with Crippen LogP contribution >= 0.6 is 37.2 Å². The quantitative estimate of drug-likeness (QED) is 0.0226. The lowest BCUT2D eigenvalue weighted by Crippen LogP contribution is -2.49. The van der Waals surface area contributed by atoms with Crippen molar-refractivity contribution >= 4 is 72.1 Å². The molecule has 2 aliphatic rings. The molecule has 5 heterocycles. The van der Waals surface area contributed by atoms with E-state index in [4.69, 9.17) is 45.0 Å². The first kappa shape index (κ1) is 51.9. The van der Waals surface area contributed by atoms with E-state index in [1.165, 1.54) is 44.7 Å². The summed E-state index contributed by atoms with van der Waals surface area (Å²) in [6.45, 7) is 8.73. The fourth-order valence-corrected chi connectivity index (χ4v) is 10.0. The van der Waals surface area contributed by atoms with Crippen molar-refractivity contribution in [1.29, 1.82) is 0 Å². The molecular weight excluding hydrogens is 947 g/mol. The van der Waals surface area contributed by atoms with Gasteiger partial charge in [0.05, 0.1) is 19.5 Å². The molecule has 10 atom stereocenters. The number of phosphoric acid groups is 2. The van der Waals surface area contributed by atoms with Gasteiger partial charge < -0.3 is 55.5 Å². The van der Waals surface area contributed by atoms with Crippen molar-refractivity contribution in [2.75, 3.05) is 31.2 Å². The molecule has 5 rings (SSSR count). The second kappa shape index (κ2) is 21.2. The number of aromatic nitrogens is 6. The summed E-state index contributed by atoms with van der Waals surface area (Å²) in [6, 6.07) is -0.228. The van der Waals surface area contributed by atoms with E-state index in [2.05, 4.69) is 39.8 Å². The van der Waals surface area contributed by atoms with Gasteiger partial charge in [-0.25, -0.2) is 38.5 Å². The summed E-state index contributed by atoms with van der Waals surface area (Å²) < 4.78 is 65.5. The van der Waals surface area contributed by atoms with Gasteiger partial charge in [-0.1, -0.05) is 47.5 Å². The number of anilines is 2. The van der Waals surface area contributed by atoms with Crippen molar-refractivity contribution in [3.63, 3.8) is 0 Å². The minimum Gasteiger partial charge on any atom is -0.455 e. The van der Waals surface area contributed by atoms with E-state index in [0.29, 0.717) is 0 Å². The highest BCUT2D eigenvalue weighted by Gasteiger charge is 2.50. The number of carbonyl (C=O) groups is 2. The molecule has 0 aromatic carbocycles. The number of hydrogen-bond acceptors (Lipinski definition) is 22. The molecule has 0 spiro atoms. The summed E-state index contributed by atoms with van der Waals surface area (Å²) in [6.07, 6.45) is -8.80. The SMILES string of the molecule is CC(C)(C)OC(=O)N[C@H](C[C@H](CN=[N+]=[N-])SSC(C)(C)C)C(=O)OC1C(COP(=O)(O)O[C@H]2C[C@H](n3ccc(N)nc3=O)O[C@@H]2COP(=O)(O)O)OC(n2cnc3c(N)ncnc32)C1O. The number of nitrogens with one attached hydrogen (secondary N) is 1. The minimum absolute atomic E-state index is 0.0172. The first-order chi connectivity index (χ1) is 30.2. The zero-order valence-electron chi connectivity index (χ0n) is 35.6. The van der Waals surface area contributed by atoms with Crippen LogP contribution in [0.3, 0.4) is 0 Å². The molecule has 1 amide bonds. The monoisotopic (exact) mass is 996 g/mol. The molecule has 32 heteroatoms. The number of amides is 1. The summed E-state index contributed by atoms with van der Waals surface area (Å²) >= 11 is 0. The molecule has 0 radical (unpaired) electrons. The third-order valence-electron chi connectivity index (χ3n) is 8.90. The van der Waals surface area contributed by atoms with Crippen LogP contribution in [0.2, 0.25) is 0 Å². The number of rotatable bonds is 19.